The van der Waals surface area contributed by atoms with Gasteiger partial charge in [0, 0.05) is 24.3 Å². The smallest absolute Gasteiger partial charge is 0.257 e. The molecule has 146 valence electrons. The minimum Gasteiger partial charge on any atom is -0.351 e. The zero-order valence-corrected chi connectivity index (χ0v) is 16.6. The Kier molecular flexibility index (Phi) is 5.07. The number of fused-ring (bicyclic) bond motifs is 2. The Morgan fingerprint density at radius 1 is 1.14 bits per heavy atom. The Bertz CT molecular complexity index is 908. The lowest BCUT2D eigenvalue weighted by molar-refractivity contribution is 0.0656. The van der Waals surface area contributed by atoms with Crippen molar-refractivity contribution in [2.24, 2.45) is 0 Å². The van der Waals surface area contributed by atoms with E-state index in [9.17, 15) is 9.59 Å². The molecule has 1 N–H and O–H groups in total. The summed E-state index contributed by atoms with van der Waals surface area (Å²) in [4.78, 5) is 30.2. The van der Waals surface area contributed by atoms with Crippen LogP contribution in [0.2, 0.25) is 0 Å². The molecule has 5 nitrogen and oxygen atoms in total. The summed E-state index contributed by atoms with van der Waals surface area (Å²) in [6.07, 6.45) is 4.44. The second kappa shape index (κ2) is 7.66. The lowest BCUT2D eigenvalue weighted by Gasteiger charge is -2.44. The van der Waals surface area contributed by atoms with Gasteiger partial charge in [-0.3, -0.25) is 9.59 Å². The van der Waals surface area contributed by atoms with Crippen LogP contribution in [-0.2, 0) is 0 Å². The molecule has 1 unspecified atom stereocenters. The zero-order chi connectivity index (χ0) is 19.7. The molecule has 0 aromatic heterocycles. The van der Waals surface area contributed by atoms with Gasteiger partial charge < -0.3 is 15.1 Å². The number of rotatable bonds is 3. The van der Waals surface area contributed by atoms with Crippen molar-refractivity contribution in [2.45, 2.75) is 45.7 Å². The molecule has 0 spiro atoms. The molecular formula is C23H27N3O2. The van der Waals surface area contributed by atoms with Gasteiger partial charge in [-0.1, -0.05) is 18.6 Å². The maximum atomic E-state index is 13.1. The maximum Gasteiger partial charge on any atom is 0.257 e. The molecule has 1 saturated heterocycles. The van der Waals surface area contributed by atoms with Gasteiger partial charge in [-0.05, 0) is 69.0 Å². The van der Waals surface area contributed by atoms with Crippen molar-refractivity contribution >= 4 is 23.2 Å². The Balaban J connectivity index is 1.66. The van der Waals surface area contributed by atoms with Gasteiger partial charge in [-0.2, -0.15) is 0 Å². The van der Waals surface area contributed by atoms with Crippen LogP contribution in [-0.4, -0.2) is 36.0 Å². The largest absolute Gasteiger partial charge is 0.351 e. The molecule has 0 bridgehead atoms. The molecule has 2 amide bonds. The van der Waals surface area contributed by atoms with Crippen LogP contribution in [0.4, 0.5) is 11.4 Å². The van der Waals surface area contributed by atoms with Crippen LogP contribution in [0.15, 0.2) is 42.5 Å². The van der Waals surface area contributed by atoms with E-state index in [1.165, 1.54) is 6.42 Å². The van der Waals surface area contributed by atoms with Gasteiger partial charge in [0.1, 0.15) is 6.17 Å². The van der Waals surface area contributed by atoms with Crippen LogP contribution >= 0.6 is 0 Å². The van der Waals surface area contributed by atoms with Crippen molar-refractivity contribution < 1.29 is 9.59 Å². The highest BCUT2D eigenvalue weighted by Crippen LogP contribution is 2.35. The highest BCUT2D eigenvalue weighted by molar-refractivity contribution is 6.08. The lowest BCUT2D eigenvalue weighted by Crippen LogP contribution is -2.55. The van der Waals surface area contributed by atoms with E-state index < -0.39 is 0 Å². The maximum absolute atomic E-state index is 13.1. The average Bonchev–Trinajstić information content (AvgIpc) is 2.94. The molecule has 1 atom stereocenters. The quantitative estimate of drug-likeness (QED) is 0.861. The molecule has 2 aromatic rings. The van der Waals surface area contributed by atoms with E-state index >= 15 is 0 Å². The van der Waals surface area contributed by atoms with Gasteiger partial charge >= 0.3 is 0 Å². The van der Waals surface area contributed by atoms with Crippen LogP contribution in [0.5, 0.6) is 0 Å². The number of aryl methyl sites for hydroxylation is 1. The molecule has 28 heavy (non-hydrogen) atoms. The van der Waals surface area contributed by atoms with Crippen LogP contribution < -0.4 is 10.2 Å². The summed E-state index contributed by atoms with van der Waals surface area (Å²) in [5.41, 5.74) is 4.04. The Morgan fingerprint density at radius 3 is 2.79 bits per heavy atom. The number of amides is 2. The van der Waals surface area contributed by atoms with E-state index in [1.54, 1.807) is 6.07 Å². The van der Waals surface area contributed by atoms with Crippen molar-refractivity contribution in [3.8, 4) is 0 Å². The number of nitrogens with zero attached hydrogens (tertiary/aromatic N) is 2. The Morgan fingerprint density at radius 2 is 2.00 bits per heavy atom. The number of hydrogen-bond acceptors (Lipinski definition) is 3. The third-order valence-corrected chi connectivity index (χ3v) is 5.76. The minimum atomic E-state index is -0.153. The van der Waals surface area contributed by atoms with Gasteiger partial charge in [0.05, 0.1) is 11.3 Å². The third kappa shape index (κ3) is 3.37. The minimum absolute atomic E-state index is 0.0947. The molecule has 0 aliphatic carbocycles. The number of anilines is 2. The summed E-state index contributed by atoms with van der Waals surface area (Å²) in [5, 5.41) is 2.96. The summed E-state index contributed by atoms with van der Waals surface area (Å²) in [7, 11) is 0. The topological polar surface area (TPSA) is 52.7 Å². The fraction of sp³-hybridized carbons (Fsp3) is 0.391. The van der Waals surface area contributed by atoms with Crippen LogP contribution in [0.3, 0.4) is 0 Å². The molecule has 2 aliphatic rings. The molecule has 5 heteroatoms. The summed E-state index contributed by atoms with van der Waals surface area (Å²) in [6, 6.07) is 13.2. The van der Waals surface area contributed by atoms with E-state index in [-0.39, 0.29) is 18.0 Å². The summed E-state index contributed by atoms with van der Waals surface area (Å²) in [5.74, 6) is -0.0579. The molecule has 2 aliphatic heterocycles. The monoisotopic (exact) mass is 377 g/mol. The van der Waals surface area contributed by atoms with Gasteiger partial charge in [0.25, 0.3) is 11.8 Å². The van der Waals surface area contributed by atoms with E-state index in [4.69, 9.17) is 0 Å². The highest BCUT2D eigenvalue weighted by atomic mass is 16.2. The van der Waals surface area contributed by atoms with Crippen molar-refractivity contribution in [1.29, 1.82) is 0 Å². The van der Waals surface area contributed by atoms with Gasteiger partial charge in [-0.15, -0.1) is 0 Å². The fourth-order valence-electron chi connectivity index (χ4n) is 4.37. The van der Waals surface area contributed by atoms with E-state index in [0.717, 1.165) is 49.3 Å². The van der Waals surface area contributed by atoms with Gasteiger partial charge in [0.15, 0.2) is 0 Å². The Hall–Kier alpha value is -2.82. The van der Waals surface area contributed by atoms with Gasteiger partial charge in [0.2, 0.25) is 0 Å². The van der Waals surface area contributed by atoms with Crippen LogP contribution in [0.25, 0.3) is 0 Å². The molecule has 0 saturated carbocycles. The first-order valence-electron chi connectivity index (χ1n) is 10.2. The van der Waals surface area contributed by atoms with E-state index in [2.05, 4.69) is 17.1 Å². The average molecular weight is 377 g/mol. The first-order valence-corrected chi connectivity index (χ1v) is 10.2. The van der Waals surface area contributed by atoms with Crippen molar-refractivity contribution in [2.75, 3.05) is 23.3 Å². The SMILES string of the molecule is CCN1c2cc(C(=O)Nc3cccc(C)c3)ccc2C(=O)N2CCCCCC21. The van der Waals surface area contributed by atoms with E-state index in [0.29, 0.717) is 11.1 Å². The number of nitrogens with one attached hydrogen (secondary N) is 1. The van der Waals surface area contributed by atoms with Crippen molar-refractivity contribution in [3.05, 3.63) is 59.2 Å². The first-order chi connectivity index (χ1) is 13.6. The summed E-state index contributed by atoms with van der Waals surface area (Å²) >= 11 is 0. The predicted octanol–water partition coefficient (Wildman–Crippen LogP) is 4.43. The van der Waals surface area contributed by atoms with E-state index in [1.807, 2.05) is 48.2 Å². The zero-order valence-electron chi connectivity index (χ0n) is 16.6. The molecule has 1 fully saturated rings. The lowest BCUT2D eigenvalue weighted by atomic mass is 10.0. The molecule has 0 radical (unpaired) electrons. The Labute approximate surface area is 166 Å². The van der Waals surface area contributed by atoms with Gasteiger partial charge in [-0.25, -0.2) is 0 Å². The number of hydrogen-bond donors (Lipinski definition) is 1. The predicted molar refractivity (Wildman–Crippen MR) is 112 cm³/mol. The highest BCUT2D eigenvalue weighted by Gasteiger charge is 2.37. The number of benzene rings is 2. The molecule has 2 heterocycles. The number of carbonyl (C=O) groups excluding carboxylic acids is 2. The normalized spacial score (nSPS) is 18.9. The fourth-order valence-corrected chi connectivity index (χ4v) is 4.37. The second-order valence-electron chi connectivity index (χ2n) is 7.67. The molecule has 4 rings (SSSR count). The van der Waals surface area contributed by atoms with Crippen molar-refractivity contribution in [3.63, 3.8) is 0 Å². The molecule has 2 aromatic carbocycles. The summed E-state index contributed by atoms with van der Waals surface area (Å²) in [6.45, 7) is 5.74. The van der Waals surface area contributed by atoms with Crippen LogP contribution in [0, 0.1) is 6.92 Å². The van der Waals surface area contributed by atoms with Crippen LogP contribution in [0.1, 0.15) is 58.9 Å². The number of carbonyl (C=O) groups is 2. The van der Waals surface area contributed by atoms with Crippen molar-refractivity contribution in [1.82, 2.24) is 4.90 Å². The standard InChI is InChI=1S/C23H27N3O2/c1-3-25-20-15-17(22(27)24-18-9-7-8-16(2)14-18)11-12-19(20)23(28)26-13-6-4-5-10-21(25)26/h7-9,11-12,14-15,21H,3-6,10,13H2,1-2H3,(H,24,27). The summed E-state index contributed by atoms with van der Waals surface area (Å²) < 4.78 is 0. The first kappa shape index (κ1) is 18.5. The molecular weight excluding hydrogens is 350 g/mol. The third-order valence-electron chi connectivity index (χ3n) is 5.76. The second-order valence-corrected chi connectivity index (χ2v) is 7.67.